The maximum Gasteiger partial charge on any atom is 0.405 e. The molecule has 108 valence electrons. The van der Waals surface area contributed by atoms with E-state index in [2.05, 4.69) is 5.32 Å². The first-order chi connectivity index (χ1) is 9.08. The fraction of sp³-hybridized carbons (Fsp3) is 0.846. The highest BCUT2D eigenvalue weighted by Gasteiger charge is 2.35. The van der Waals surface area contributed by atoms with Crippen LogP contribution in [-0.2, 0) is 4.79 Å². The van der Waals surface area contributed by atoms with Crippen molar-refractivity contribution in [3.63, 3.8) is 0 Å². The second kappa shape index (κ2) is 6.23. The van der Waals surface area contributed by atoms with Crippen molar-refractivity contribution in [3.8, 4) is 0 Å². The quantitative estimate of drug-likeness (QED) is 0.705. The molecule has 1 saturated heterocycles. The Hall–Kier alpha value is -1.30. The van der Waals surface area contributed by atoms with Gasteiger partial charge in [-0.2, -0.15) is 0 Å². The first-order valence-corrected chi connectivity index (χ1v) is 7.11. The lowest BCUT2D eigenvalue weighted by Crippen LogP contribution is -2.52. The number of rotatable bonds is 3. The maximum absolute atomic E-state index is 12.4. The minimum Gasteiger partial charge on any atom is -0.465 e. The highest BCUT2D eigenvalue weighted by molar-refractivity contribution is 5.85. The molecule has 2 rings (SSSR count). The van der Waals surface area contributed by atoms with Crippen molar-refractivity contribution in [2.75, 3.05) is 13.1 Å². The van der Waals surface area contributed by atoms with E-state index in [-0.39, 0.29) is 17.9 Å². The molecule has 0 aromatic rings. The molecule has 0 unspecified atom stereocenters. The van der Waals surface area contributed by atoms with Crippen LogP contribution in [0.15, 0.2) is 0 Å². The number of nitrogens with two attached hydrogens (primary N) is 1. The topological polar surface area (TPSA) is 95.7 Å². The van der Waals surface area contributed by atoms with Crippen molar-refractivity contribution < 1.29 is 14.7 Å². The molecule has 0 radical (unpaired) electrons. The summed E-state index contributed by atoms with van der Waals surface area (Å²) in [6.07, 6.45) is 4.30. The third-order valence-corrected chi connectivity index (χ3v) is 4.25. The van der Waals surface area contributed by atoms with Gasteiger partial charge in [0.1, 0.15) is 6.04 Å². The highest BCUT2D eigenvalue weighted by Crippen LogP contribution is 2.27. The lowest BCUT2D eigenvalue weighted by Gasteiger charge is -2.33. The third-order valence-electron chi connectivity index (χ3n) is 4.25. The van der Waals surface area contributed by atoms with Gasteiger partial charge < -0.3 is 21.1 Å². The normalized spacial score (nSPS) is 29.0. The molecular formula is C13H23N3O3. The van der Waals surface area contributed by atoms with Gasteiger partial charge >= 0.3 is 6.09 Å². The molecule has 0 bridgehead atoms. The van der Waals surface area contributed by atoms with E-state index in [1.807, 2.05) is 0 Å². The summed E-state index contributed by atoms with van der Waals surface area (Å²) in [6.45, 7) is 1.51. The predicted octanol–water partition coefficient (Wildman–Crippen LogP) is 0.762. The smallest absolute Gasteiger partial charge is 0.405 e. The summed E-state index contributed by atoms with van der Waals surface area (Å²) in [7, 11) is 0. The zero-order chi connectivity index (χ0) is 13.8. The van der Waals surface area contributed by atoms with Crippen LogP contribution in [0, 0.1) is 5.92 Å². The van der Waals surface area contributed by atoms with Crippen LogP contribution in [0.1, 0.15) is 38.5 Å². The minimum absolute atomic E-state index is 0.0552. The van der Waals surface area contributed by atoms with Crippen molar-refractivity contribution in [1.29, 1.82) is 0 Å². The fourth-order valence-electron chi connectivity index (χ4n) is 3.13. The monoisotopic (exact) mass is 269 g/mol. The molecule has 0 aromatic heterocycles. The number of nitrogens with one attached hydrogen (secondary N) is 1. The number of carboxylic acid groups (broad SMARTS) is 1. The number of carbonyl (C=O) groups excluding carboxylic acids is 1. The molecule has 19 heavy (non-hydrogen) atoms. The summed E-state index contributed by atoms with van der Waals surface area (Å²) in [5.41, 5.74) is 5.86. The number of hydrogen-bond donors (Lipinski definition) is 3. The van der Waals surface area contributed by atoms with Crippen molar-refractivity contribution in [2.45, 2.75) is 50.6 Å². The predicted molar refractivity (Wildman–Crippen MR) is 70.7 cm³/mol. The van der Waals surface area contributed by atoms with Crippen LogP contribution in [0.2, 0.25) is 0 Å². The molecule has 1 saturated carbocycles. The number of hydrogen-bond acceptors (Lipinski definition) is 3. The van der Waals surface area contributed by atoms with Crippen molar-refractivity contribution >= 4 is 12.0 Å². The van der Waals surface area contributed by atoms with E-state index in [1.165, 1.54) is 0 Å². The van der Waals surface area contributed by atoms with Crippen LogP contribution in [0.4, 0.5) is 4.79 Å². The van der Waals surface area contributed by atoms with Gasteiger partial charge in [0.15, 0.2) is 0 Å². The Morgan fingerprint density at radius 1 is 1.16 bits per heavy atom. The second-order valence-corrected chi connectivity index (χ2v) is 5.63. The van der Waals surface area contributed by atoms with Gasteiger partial charge in [0, 0.05) is 19.1 Å². The fourth-order valence-corrected chi connectivity index (χ4v) is 3.13. The Morgan fingerprint density at radius 3 is 2.26 bits per heavy atom. The minimum atomic E-state index is -1.12. The van der Waals surface area contributed by atoms with Gasteiger partial charge in [-0.1, -0.05) is 0 Å². The molecule has 6 nitrogen and oxygen atoms in total. The molecule has 0 aromatic carbocycles. The summed E-state index contributed by atoms with van der Waals surface area (Å²) in [4.78, 5) is 25.1. The zero-order valence-corrected chi connectivity index (χ0v) is 11.2. The summed E-state index contributed by atoms with van der Waals surface area (Å²) < 4.78 is 0. The van der Waals surface area contributed by atoms with E-state index in [1.54, 1.807) is 4.90 Å². The number of nitrogens with zero attached hydrogens (tertiary/aromatic N) is 1. The van der Waals surface area contributed by atoms with Gasteiger partial charge in [0.25, 0.3) is 0 Å². The molecule has 1 heterocycles. The molecule has 1 aliphatic heterocycles. The van der Waals surface area contributed by atoms with Gasteiger partial charge in [0.05, 0.1) is 0 Å². The molecule has 6 heteroatoms. The largest absolute Gasteiger partial charge is 0.465 e. The van der Waals surface area contributed by atoms with Gasteiger partial charge in [-0.15, -0.1) is 0 Å². The average Bonchev–Trinajstić information content (AvgIpc) is 2.90. The number of likely N-dealkylation sites (tertiary alicyclic amines) is 1. The molecule has 4 N–H and O–H groups in total. The van der Waals surface area contributed by atoms with Crippen LogP contribution in [0.3, 0.4) is 0 Å². The highest BCUT2D eigenvalue weighted by atomic mass is 16.4. The van der Waals surface area contributed by atoms with E-state index in [4.69, 9.17) is 10.8 Å². The SMILES string of the molecule is NC1CCC([C@H](NC(=O)O)C(=O)N2CCCC2)CC1. The third kappa shape index (κ3) is 3.59. The maximum atomic E-state index is 12.4. The summed E-state index contributed by atoms with van der Waals surface area (Å²) in [6, 6.07) is -0.397. The lowest BCUT2D eigenvalue weighted by molar-refractivity contribution is -0.134. The van der Waals surface area contributed by atoms with E-state index < -0.39 is 12.1 Å². The van der Waals surface area contributed by atoms with Crippen LogP contribution < -0.4 is 11.1 Å². The molecule has 1 aliphatic carbocycles. The second-order valence-electron chi connectivity index (χ2n) is 5.63. The molecule has 2 fully saturated rings. The summed E-state index contributed by atoms with van der Waals surface area (Å²) in [5.74, 6) is 0.0318. The van der Waals surface area contributed by atoms with E-state index in [0.29, 0.717) is 0 Å². The van der Waals surface area contributed by atoms with Gasteiger partial charge in [-0.05, 0) is 44.4 Å². The van der Waals surface area contributed by atoms with Gasteiger partial charge in [-0.3, -0.25) is 4.79 Å². The van der Waals surface area contributed by atoms with Gasteiger partial charge in [0.2, 0.25) is 5.91 Å². The number of carbonyl (C=O) groups is 2. The van der Waals surface area contributed by atoms with E-state index in [0.717, 1.165) is 51.6 Å². The Labute approximate surface area is 113 Å². The Bertz CT molecular complexity index is 334. The van der Waals surface area contributed by atoms with Crippen molar-refractivity contribution in [3.05, 3.63) is 0 Å². The first kappa shape index (κ1) is 14.1. The molecule has 1 atom stereocenters. The summed E-state index contributed by atoms with van der Waals surface area (Å²) >= 11 is 0. The van der Waals surface area contributed by atoms with Crippen LogP contribution in [-0.4, -0.2) is 47.2 Å². The zero-order valence-electron chi connectivity index (χ0n) is 11.2. The van der Waals surface area contributed by atoms with Crippen LogP contribution in [0.5, 0.6) is 0 Å². The van der Waals surface area contributed by atoms with Gasteiger partial charge in [-0.25, -0.2) is 4.79 Å². The standard InChI is InChI=1S/C13H23N3O3/c14-10-5-3-9(4-6-10)11(15-13(18)19)12(17)16-7-1-2-8-16/h9-11,15H,1-8,14H2,(H,18,19)/t9?,10?,11-/m0/s1. The first-order valence-electron chi connectivity index (χ1n) is 7.11. The Kier molecular flexibility index (Phi) is 4.63. The molecular weight excluding hydrogens is 246 g/mol. The van der Waals surface area contributed by atoms with Crippen molar-refractivity contribution in [1.82, 2.24) is 10.2 Å². The molecule has 0 spiro atoms. The van der Waals surface area contributed by atoms with E-state index >= 15 is 0 Å². The van der Waals surface area contributed by atoms with Crippen molar-refractivity contribution in [2.24, 2.45) is 11.7 Å². The lowest BCUT2D eigenvalue weighted by atomic mass is 9.81. The molecule has 2 amide bonds. The average molecular weight is 269 g/mol. The van der Waals surface area contributed by atoms with Crippen LogP contribution >= 0.6 is 0 Å². The molecule has 2 aliphatic rings. The Balaban J connectivity index is 2.01. The Morgan fingerprint density at radius 2 is 1.74 bits per heavy atom. The summed E-state index contributed by atoms with van der Waals surface area (Å²) in [5, 5.41) is 11.4. The number of amides is 2. The van der Waals surface area contributed by atoms with Crippen LogP contribution in [0.25, 0.3) is 0 Å². The van der Waals surface area contributed by atoms with E-state index in [9.17, 15) is 9.59 Å².